The van der Waals surface area contributed by atoms with Crippen molar-refractivity contribution in [1.29, 1.82) is 0 Å². The molecule has 3 unspecified atom stereocenters. The van der Waals surface area contributed by atoms with Crippen LogP contribution in [-0.4, -0.2) is 52.1 Å². The Morgan fingerprint density at radius 3 is 2.52 bits per heavy atom. The zero-order valence-electron chi connectivity index (χ0n) is 23.9. The monoisotopic (exact) mass is 579 g/mol. The second-order valence-electron chi connectivity index (χ2n) is 13.5. The Kier molecular flexibility index (Phi) is 6.51. The molecular weight excluding hydrogens is 542 g/mol. The maximum Gasteiger partial charge on any atom is 0.345 e. The quantitative estimate of drug-likeness (QED) is 0.487. The van der Waals surface area contributed by atoms with Gasteiger partial charge in [-0.25, -0.2) is 4.79 Å². The lowest BCUT2D eigenvalue weighted by Gasteiger charge is -2.63. The summed E-state index contributed by atoms with van der Waals surface area (Å²) in [5.74, 6) is -1.15. The van der Waals surface area contributed by atoms with E-state index in [0.29, 0.717) is 24.8 Å². The smallest absolute Gasteiger partial charge is 0.345 e. The highest BCUT2D eigenvalue weighted by Gasteiger charge is 2.66. The molecular formula is C32H37NO9. The molecule has 8 atom stereocenters. The van der Waals surface area contributed by atoms with Gasteiger partial charge in [0.05, 0.1) is 24.0 Å². The number of aliphatic hydroxyl groups is 2. The summed E-state index contributed by atoms with van der Waals surface area (Å²) < 4.78 is 23.9. The largest absolute Gasteiger partial charge is 0.486 e. The number of fused-ring (bicyclic) bond motifs is 4. The third-order valence-corrected chi connectivity index (χ3v) is 10.6. The second-order valence-corrected chi connectivity index (χ2v) is 13.5. The van der Waals surface area contributed by atoms with Crippen LogP contribution in [0.1, 0.15) is 70.5 Å². The van der Waals surface area contributed by atoms with Gasteiger partial charge < -0.3 is 28.8 Å². The summed E-state index contributed by atoms with van der Waals surface area (Å²) in [7, 11) is 0. The van der Waals surface area contributed by atoms with Gasteiger partial charge in [0.1, 0.15) is 35.9 Å². The molecule has 0 aromatic carbocycles. The molecule has 10 nitrogen and oxygen atoms in total. The lowest BCUT2D eigenvalue weighted by Crippen LogP contribution is -2.66. The van der Waals surface area contributed by atoms with Gasteiger partial charge in [0.15, 0.2) is 0 Å². The number of hydrogen-bond acceptors (Lipinski definition) is 10. The fraction of sp³-hybridized carbons (Fsp3) is 0.625. The van der Waals surface area contributed by atoms with E-state index in [-0.39, 0.29) is 53.4 Å². The maximum absolute atomic E-state index is 13.3. The normalized spacial score (nSPS) is 37.0. The molecule has 4 aliphatic carbocycles. The van der Waals surface area contributed by atoms with Gasteiger partial charge in [-0.2, -0.15) is 0 Å². The summed E-state index contributed by atoms with van der Waals surface area (Å²) in [6.45, 7) is 4.05. The van der Waals surface area contributed by atoms with Gasteiger partial charge in [-0.3, -0.25) is 14.6 Å². The lowest BCUT2D eigenvalue weighted by atomic mass is 9.45. The Morgan fingerprint density at radius 1 is 1.10 bits per heavy atom. The van der Waals surface area contributed by atoms with Crippen LogP contribution in [0.4, 0.5) is 0 Å². The summed E-state index contributed by atoms with van der Waals surface area (Å²) in [6.07, 6.45) is 4.26. The van der Waals surface area contributed by atoms with Crippen LogP contribution in [0.3, 0.4) is 0 Å². The molecule has 0 radical (unpaired) electrons. The molecule has 4 saturated carbocycles. The summed E-state index contributed by atoms with van der Waals surface area (Å²) in [6, 6.07) is 5.06. The zero-order chi connectivity index (χ0) is 29.4. The van der Waals surface area contributed by atoms with Crippen molar-refractivity contribution >= 4 is 11.9 Å². The van der Waals surface area contributed by atoms with Crippen molar-refractivity contribution < 1.29 is 38.4 Å². The van der Waals surface area contributed by atoms with E-state index in [0.717, 1.165) is 25.7 Å². The third-order valence-electron chi connectivity index (χ3n) is 10.6. The van der Waals surface area contributed by atoms with E-state index in [2.05, 4.69) is 4.98 Å². The molecule has 5 aliphatic rings. The van der Waals surface area contributed by atoms with Crippen molar-refractivity contribution in [3.05, 3.63) is 46.6 Å². The number of aliphatic hydroxyl groups excluding tert-OH is 2. The van der Waals surface area contributed by atoms with Crippen LogP contribution >= 0.6 is 0 Å². The minimum atomic E-state index is -1.26. The number of rotatable bonds is 6. The summed E-state index contributed by atoms with van der Waals surface area (Å²) in [5, 5.41) is 23.4. The Morgan fingerprint density at radius 2 is 1.83 bits per heavy atom. The van der Waals surface area contributed by atoms with Crippen LogP contribution in [0.2, 0.25) is 0 Å². The minimum absolute atomic E-state index is 0.0297. The minimum Gasteiger partial charge on any atom is -0.486 e. The number of esters is 2. The Bertz CT molecular complexity index is 1450. The van der Waals surface area contributed by atoms with Crippen LogP contribution in [0.25, 0.3) is 11.3 Å². The molecule has 4 fully saturated rings. The van der Waals surface area contributed by atoms with Crippen LogP contribution in [0.5, 0.6) is 5.75 Å². The first-order valence-electron chi connectivity index (χ1n) is 15.1. The number of aromatic nitrogens is 1. The Hall–Kier alpha value is -3.24. The van der Waals surface area contributed by atoms with Crippen molar-refractivity contribution in [3.63, 3.8) is 0 Å². The number of hydrogen-bond donors (Lipinski definition) is 2. The van der Waals surface area contributed by atoms with Crippen LogP contribution in [-0.2, 0) is 19.1 Å². The predicted octanol–water partition coefficient (Wildman–Crippen LogP) is 3.57. The highest BCUT2D eigenvalue weighted by Crippen LogP contribution is 2.64. The van der Waals surface area contributed by atoms with E-state index in [1.165, 1.54) is 0 Å². The topological polar surface area (TPSA) is 145 Å². The van der Waals surface area contributed by atoms with Crippen molar-refractivity contribution in [2.24, 2.45) is 34.5 Å². The van der Waals surface area contributed by atoms with Crippen molar-refractivity contribution in [3.8, 4) is 17.1 Å². The number of carbonyl (C=O) groups is 2. The fourth-order valence-corrected chi connectivity index (χ4v) is 7.97. The molecule has 0 bridgehead atoms. The van der Waals surface area contributed by atoms with Gasteiger partial charge in [0.2, 0.25) is 0 Å². The van der Waals surface area contributed by atoms with Gasteiger partial charge in [-0.05, 0) is 68.4 Å². The molecule has 10 heteroatoms. The summed E-state index contributed by atoms with van der Waals surface area (Å²) >= 11 is 0. The first-order chi connectivity index (χ1) is 20.1. The van der Waals surface area contributed by atoms with Crippen molar-refractivity contribution in [2.75, 3.05) is 6.61 Å². The van der Waals surface area contributed by atoms with E-state index in [4.69, 9.17) is 18.6 Å². The highest BCUT2D eigenvalue weighted by molar-refractivity contribution is 5.75. The van der Waals surface area contributed by atoms with E-state index >= 15 is 0 Å². The van der Waals surface area contributed by atoms with Gasteiger partial charge >= 0.3 is 17.6 Å². The van der Waals surface area contributed by atoms with E-state index in [9.17, 15) is 24.6 Å². The molecule has 1 aliphatic heterocycles. The van der Waals surface area contributed by atoms with Crippen molar-refractivity contribution in [2.45, 2.75) is 83.2 Å². The third kappa shape index (κ3) is 4.45. The Balaban J connectivity index is 1.24. The van der Waals surface area contributed by atoms with Gasteiger partial charge in [0, 0.05) is 35.4 Å². The lowest BCUT2D eigenvalue weighted by molar-refractivity contribution is -0.240. The first kappa shape index (κ1) is 27.6. The molecule has 2 aromatic heterocycles. The van der Waals surface area contributed by atoms with Crippen molar-refractivity contribution in [1.82, 2.24) is 4.98 Å². The zero-order valence-corrected chi connectivity index (χ0v) is 23.9. The van der Waals surface area contributed by atoms with Gasteiger partial charge in [-0.15, -0.1) is 0 Å². The van der Waals surface area contributed by atoms with Crippen LogP contribution < -0.4 is 10.4 Å². The molecule has 0 spiro atoms. The second kappa shape index (κ2) is 9.91. The molecule has 7 rings (SSSR count). The number of pyridine rings is 1. The average Bonchev–Trinajstić information content (AvgIpc) is 3.88. The number of nitrogens with zero attached hydrogens (tertiary/aromatic N) is 1. The molecule has 42 heavy (non-hydrogen) atoms. The predicted molar refractivity (Wildman–Crippen MR) is 147 cm³/mol. The van der Waals surface area contributed by atoms with E-state index < -0.39 is 46.8 Å². The summed E-state index contributed by atoms with van der Waals surface area (Å²) in [5.41, 5.74) is -1.54. The van der Waals surface area contributed by atoms with Crippen LogP contribution in [0.15, 0.2) is 39.8 Å². The van der Waals surface area contributed by atoms with Gasteiger partial charge in [-0.1, -0.05) is 13.8 Å². The Labute approximate surface area is 243 Å². The molecule has 2 N–H and O–H groups in total. The van der Waals surface area contributed by atoms with E-state index in [1.54, 1.807) is 30.6 Å². The first-order valence-corrected chi connectivity index (χ1v) is 15.1. The SMILES string of the molecule is CC1(COC(=O)C2CC2)[C@@H](OC(=O)C2CC2)CC[C@]2(C)[C@@H]3C(Oc4cc(-c5cccnc5)oc(=O)c4[C@H]3O)C(O)C[C@@H]12. The number of ether oxygens (including phenoxy) is 3. The molecule has 0 saturated heterocycles. The average molecular weight is 580 g/mol. The van der Waals surface area contributed by atoms with Gasteiger partial charge in [0.25, 0.3) is 0 Å². The van der Waals surface area contributed by atoms with Crippen LogP contribution in [0, 0.1) is 34.5 Å². The summed E-state index contributed by atoms with van der Waals surface area (Å²) in [4.78, 5) is 42.8. The fourth-order valence-electron chi connectivity index (χ4n) is 7.97. The molecule has 0 amide bonds. The standard InChI is InChI=1S/C32H37NO9/c1-31-10-9-23(42-29(37)17-7-8-17)32(2,15-39-28(36)16-5-6-16)22(31)12-19(34)27-25(31)26(35)24-21(40-27)13-20(41-30(24)38)18-4-3-11-33-14-18/h3-4,11,13-14,16-17,19,22-23,25-27,34-35H,5-10,12,15H2,1-2H3/t19?,22-,23+,25+,26-,27?,31+,32?/m1/s1. The van der Waals surface area contributed by atoms with E-state index in [1.807, 2.05) is 13.8 Å². The maximum atomic E-state index is 13.3. The number of carbonyl (C=O) groups excluding carboxylic acids is 2. The highest BCUT2D eigenvalue weighted by atomic mass is 16.6. The molecule has 2 aromatic rings. The molecule has 224 valence electrons. The molecule has 3 heterocycles.